The Labute approximate surface area is 191 Å². The maximum Gasteiger partial charge on any atom is 0.352 e. The van der Waals surface area contributed by atoms with E-state index in [1.54, 1.807) is 61.5 Å². The molecule has 0 heterocycles. The highest BCUT2D eigenvalue weighted by molar-refractivity contribution is 6.35. The highest BCUT2D eigenvalue weighted by Gasteiger charge is 2.20. The highest BCUT2D eigenvalue weighted by Crippen LogP contribution is 2.29. The van der Waals surface area contributed by atoms with Crippen molar-refractivity contribution in [3.8, 4) is 11.5 Å². The van der Waals surface area contributed by atoms with E-state index in [0.29, 0.717) is 32.7 Å². The fourth-order valence-electron chi connectivity index (χ4n) is 2.73. The second kappa shape index (κ2) is 10.3. The van der Waals surface area contributed by atoms with Crippen LogP contribution in [0.2, 0.25) is 10.0 Å². The molecule has 0 aromatic heterocycles. The Morgan fingerprint density at radius 1 is 0.935 bits per heavy atom. The Balaban J connectivity index is 1.74. The number of esters is 1. The standard InChI is InChI=1S/C25H20Cl2O4/c1-16-8-9-19(10-12-22(28)18-6-4-3-5-7-18)24(14-16)31-25(29)17(2)30-23-13-11-20(26)15-21(23)27/h3-15,17H,1-2H3. The number of ketones is 1. The number of aryl methyl sites for hydroxylation is 1. The monoisotopic (exact) mass is 454 g/mol. The van der Waals surface area contributed by atoms with Gasteiger partial charge in [-0.2, -0.15) is 0 Å². The molecule has 3 aromatic carbocycles. The van der Waals surface area contributed by atoms with Crippen LogP contribution in [0.5, 0.6) is 11.5 Å². The summed E-state index contributed by atoms with van der Waals surface area (Å²) in [5.74, 6) is -0.0821. The molecule has 0 amide bonds. The van der Waals surface area contributed by atoms with Crippen molar-refractivity contribution in [1.82, 2.24) is 0 Å². The van der Waals surface area contributed by atoms with Gasteiger partial charge in [-0.15, -0.1) is 0 Å². The summed E-state index contributed by atoms with van der Waals surface area (Å²) in [6, 6.07) is 19.1. The molecular formula is C25H20Cl2O4. The van der Waals surface area contributed by atoms with Crippen LogP contribution in [0.15, 0.2) is 72.8 Å². The first-order valence-corrected chi connectivity index (χ1v) is 10.3. The molecule has 3 aromatic rings. The maximum atomic E-state index is 12.6. The molecule has 0 aliphatic rings. The molecular weight excluding hydrogens is 435 g/mol. The SMILES string of the molecule is Cc1ccc(C=CC(=O)c2ccccc2)c(OC(=O)C(C)Oc2ccc(Cl)cc2Cl)c1. The largest absolute Gasteiger partial charge is 0.477 e. The summed E-state index contributed by atoms with van der Waals surface area (Å²) >= 11 is 12.0. The number of rotatable bonds is 7. The minimum Gasteiger partial charge on any atom is -0.477 e. The van der Waals surface area contributed by atoms with E-state index < -0.39 is 12.1 Å². The first-order valence-electron chi connectivity index (χ1n) is 9.55. The zero-order chi connectivity index (χ0) is 22.4. The summed E-state index contributed by atoms with van der Waals surface area (Å²) in [6.07, 6.45) is 2.16. The van der Waals surface area contributed by atoms with Gasteiger partial charge < -0.3 is 9.47 Å². The quantitative estimate of drug-likeness (QED) is 0.175. The first kappa shape index (κ1) is 22.6. The second-order valence-electron chi connectivity index (χ2n) is 6.86. The molecule has 158 valence electrons. The van der Waals surface area contributed by atoms with Gasteiger partial charge in [0.05, 0.1) is 5.02 Å². The average Bonchev–Trinajstić information content (AvgIpc) is 2.75. The minimum absolute atomic E-state index is 0.146. The number of hydrogen-bond donors (Lipinski definition) is 0. The van der Waals surface area contributed by atoms with Gasteiger partial charge in [-0.1, -0.05) is 65.7 Å². The maximum absolute atomic E-state index is 12.6. The Bertz CT molecular complexity index is 1120. The van der Waals surface area contributed by atoms with Gasteiger partial charge in [-0.05, 0) is 55.8 Å². The summed E-state index contributed by atoms with van der Waals surface area (Å²) in [5, 5.41) is 0.763. The third kappa shape index (κ3) is 6.20. The summed E-state index contributed by atoms with van der Waals surface area (Å²) in [6.45, 7) is 3.45. The van der Waals surface area contributed by atoms with Crippen LogP contribution in [0.4, 0.5) is 0 Å². The van der Waals surface area contributed by atoms with Gasteiger partial charge in [0.1, 0.15) is 11.5 Å². The average molecular weight is 455 g/mol. The molecule has 1 unspecified atom stereocenters. The normalized spacial score (nSPS) is 11.9. The topological polar surface area (TPSA) is 52.6 Å². The molecule has 6 heteroatoms. The van der Waals surface area contributed by atoms with Crippen LogP contribution < -0.4 is 9.47 Å². The van der Waals surface area contributed by atoms with Gasteiger partial charge in [0.15, 0.2) is 11.9 Å². The molecule has 0 aliphatic heterocycles. The molecule has 0 saturated carbocycles. The Kier molecular flexibility index (Phi) is 7.50. The number of benzene rings is 3. The molecule has 0 saturated heterocycles. The highest BCUT2D eigenvalue weighted by atomic mass is 35.5. The van der Waals surface area contributed by atoms with Gasteiger partial charge in [0, 0.05) is 16.1 Å². The van der Waals surface area contributed by atoms with E-state index in [2.05, 4.69) is 0 Å². The summed E-state index contributed by atoms with van der Waals surface area (Å²) in [7, 11) is 0. The summed E-state index contributed by atoms with van der Waals surface area (Å²) in [5.41, 5.74) is 2.08. The van der Waals surface area contributed by atoms with E-state index in [4.69, 9.17) is 32.7 Å². The molecule has 0 fully saturated rings. The predicted molar refractivity (Wildman–Crippen MR) is 123 cm³/mol. The van der Waals surface area contributed by atoms with E-state index in [9.17, 15) is 9.59 Å². The van der Waals surface area contributed by atoms with Crippen LogP contribution in [0.1, 0.15) is 28.4 Å². The predicted octanol–water partition coefficient (Wildman–Crippen LogP) is 6.57. The lowest BCUT2D eigenvalue weighted by Crippen LogP contribution is -2.28. The van der Waals surface area contributed by atoms with Gasteiger partial charge in [0.25, 0.3) is 0 Å². The summed E-state index contributed by atoms with van der Waals surface area (Å²) < 4.78 is 11.2. The van der Waals surface area contributed by atoms with E-state index in [1.165, 1.54) is 12.1 Å². The van der Waals surface area contributed by atoms with E-state index >= 15 is 0 Å². The van der Waals surface area contributed by atoms with Crippen molar-refractivity contribution in [1.29, 1.82) is 0 Å². The number of hydrogen-bond acceptors (Lipinski definition) is 4. The Morgan fingerprint density at radius 3 is 2.39 bits per heavy atom. The van der Waals surface area contributed by atoms with E-state index in [1.807, 2.05) is 19.1 Å². The van der Waals surface area contributed by atoms with Gasteiger partial charge in [-0.3, -0.25) is 4.79 Å². The van der Waals surface area contributed by atoms with Crippen molar-refractivity contribution < 1.29 is 19.1 Å². The first-order chi connectivity index (χ1) is 14.8. The third-order valence-electron chi connectivity index (χ3n) is 4.38. The van der Waals surface area contributed by atoms with Crippen LogP contribution in [0, 0.1) is 6.92 Å². The van der Waals surface area contributed by atoms with Crippen molar-refractivity contribution in [2.24, 2.45) is 0 Å². The number of allylic oxidation sites excluding steroid dienone is 1. The van der Waals surface area contributed by atoms with E-state index in [0.717, 1.165) is 5.56 Å². The fourth-order valence-corrected chi connectivity index (χ4v) is 3.19. The molecule has 0 N–H and O–H groups in total. The van der Waals surface area contributed by atoms with Crippen LogP contribution in [-0.4, -0.2) is 17.9 Å². The van der Waals surface area contributed by atoms with Crippen molar-refractivity contribution in [3.63, 3.8) is 0 Å². The molecule has 0 radical (unpaired) electrons. The number of carbonyl (C=O) groups excluding carboxylic acids is 2. The van der Waals surface area contributed by atoms with Gasteiger partial charge in [0.2, 0.25) is 0 Å². The number of ether oxygens (including phenoxy) is 2. The van der Waals surface area contributed by atoms with Crippen LogP contribution in [0.3, 0.4) is 0 Å². The molecule has 31 heavy (non-hydrogen) atoms. The molecule has 0 bridgehead atoms. The molecule has 4 nitrogen and oxygen atoms in total. The van der Waals surface area contributed by atoms with Crippen LogP contribution in [0.25, 0.3) is 6.08 Å². The third-order valence-corrected chi connectivity index (χ3v) is 4.91. The van der Waals surface area contributed by atoms with Gasteiger partial charge in [-0.25, -0.2) is 4.79 Å². The summed E-state index contributed by atoms with van der Waals surface area (Å²) in [4.78, 5) is 25.0. The lowest BCUT2D eigenvalue weighted by Gasteiger charge is -2.16. The van der Waals surface area contributed by atoms with Crippen molar-refractivity contribution in [2.75, 3.05) is 0 Å². The Morgan fingerprint density at radius 2 is 1.68 bits per heavy atom. The zero-order valence-corrected chi connectivity index (χ0v) is 18.5. The lowest BCUT2D eigenvalue weighted by molar-refractivity contribution is -0.141. The molecule has 3 rings (SSSR count). The molecule has 0 spiro atoms. The second-order valence-corrected chi connectivity index (χ2v) is 7.70. The molecule has 1 atom stereocenters. The molecule has 0 aliphatic carbocycles. The number of carbonyl (C=O) groups is 2. The smallest absolute Gasteiger partial charge is 0.352 e. The van der Waals surface area contributed by atoms with E-state index in [-0.39, 0.29) is 5.78 Å². The lowest BCUT2D eigenvalue weighted by atomic mass is 10.1. The fraction of sp³-hybridized carbons (Fsp3) is 0.120. The van der Waals surface area contributed by atoms with Crippen molar-refractivity contribution in [3.05, 3.63) is 99.5 Å². The zero-order valence-electron chi connectivity index (χ0n) is 17.0. The van der Waals surface area contributed by atoms with Crippen molar-refractivity contribution in [2.45, 2.75) is 20.0 Å². The number of halogens is 2. The van der Waals surface area contributed by atoms with Crippen molar-refractivity contribution >= 4 is 41.0 Å². The van der Waals surface area contributed by atoms with Crippen LogP contribution in [-0.2, 0) is 4.79 Å². The van der Waals surface area contributed by atoms with Gasteiger partial charge >= 0.3 is 5.97 Å². The minimum atomic E-state index is -0.915. The Hall–Kier alpha value is -3.08. The van der Waals surface area contributed by atoms with Crippen LogP contribution >= 0.6 is 23.2 Å².